The van der Waals surface area contributed by atoms with Crippen molar-refractivity contribution in [1.29, 1.82) is 0 Å². The molecule has 2 heterocycles. The molecule has 4 amide bonds. The second kappa shape index (κ2) is 9.70. The van der Waals surface area contributed by atoms with Crippen molar-refractivity contribution in [2.24, 2.45) is 0 Å². The van der Waals surface area contributed by atoms with Crippen molar-refractivity contribution < 1.29 is 23.6 Å². The number of hydrogen-bond donors (Lipinski definition) is 0. The van der Waals surface area contributed by atoms with Crippen LogP contribution in [0.4, 0.5) is 4.39 Å². The maximum Gasteiger partial charge on any atom is 0.242 e. The van der Waals surface area contributed by atoms with Crippen molar-refractivity contribution in [3.8, 4) is 0 Å². The highest BCUT2D eigenvalue weighted by molar-refractivity contribution is 6.11. The number of carbonyl (C=O) groups is 4. The Hall–Kier alpha value is -2.77. The van der Waals surface area contributed by atoms with Crippen LogP contribution >= 0.6 is 0 Å². The van der Waals surface area contributed by atoms with Gasteiger partial charge >= 0.3 is 0 Å². The number of rotatable bonds is 5. The predicted molar refractivity (Wildman–Crippen MR) is 127 cm³/mol. The number of benzene rings is 1. The minimum atomic E-state index is -1.56. The summed E-state index contributed by atoms with van der Waals surface area (Å²) >= 11 is 0. The van der Waals surface area contributed by atoms with Crippen molar-refractivity contribution in [3.63, 3.8) is 0 Å². The van der Waals surface area contributed by atoms with E-state index in [-0.39, 0.29) is 54.8 Å². The lowest BCUT2D eigenvalue weighted by molar-refractivity contribution is -0.149. The fourth-order valence-electron chi connectivity index (χ4n) is 6.64. The van der Waals surface area contributed by atoms with E-state index in [2.05, 4.69) is 0 Å². The number of amides is 4. The first-order chi connectivity index (χ1) is 16.9. The zero-order valence-electron chi connectivity index (χ0n) is 20.2. The first kappa shape index (κ1) is 23.9. The summed E-state index contributed by atoms with van der Waals surface area (Å²) in [7, 11) is 0. The van der Waals surface area contributed by atoms with Gasteiger partial charge in [-0.05, 0) is 31.7 Å². The van der Waals surface area contributed by atoms with Crippen LogP contribution in [0.15, 0.2) is 24.3 Å². The highest BCUT2D eigenvalue weighted by Crippen LogP contribution is 2.44. The quantitative estimate of drug-likeness (QED) is 0.603. The first-order valence-corrected chi connectivity index (χ1v) is 13.1. The third-order valence-electron chi connectivity index (χ3n) is 8.51. The monoisotopic (exact) mass is 483 g/mol. The summed E-state index contributed by atoms with van der Waals surface area (Å²) < 4.78 is 15.0. The van der Waals surface area contributed by atoms with Crippen molar-refractivity contribution in [2.75, 3.05) is 19.6 Å². The van der Waals surface area contributed by atoms with Gasteiger partial charge in [0.05, 0.1) is 12.0 Å². The van der Waals surface area contributed by atoms with E-state index >= 15 is 4.39 Å². The van der Waals surface area contributed by atoms with Crippen LogP contribution in [0.25, 0.3) is 0 Å². The molecule has 35 heavy (non-hydrogen) atoms. The van der Waals surface area contributed by atoms with Crippen LogP contribution in [0.3, 0.4) is 0 Å². The zero-order chi connectivity index (χ0) is 24.6. The smallest absolute Gasteiger partial charge is 0.242 e. The van der Waals surface area contributed by atoms with E-state index in [4.69, 9.17) is 0 Å². The highest BCUT2D eigenvalue weighted by atomic mass is 19.1. The summed E-state index contributed by atoms with van der Waals surface area (Å²) in [6.07, 6.45) is 8.31. The molecule has 1 aromatic carbocycles. The van der Waals surface area contributed by atoms with Gasteiger partial charge in [0, 0.05) is 43.6 Å². The first-order valence-electron chi connectivity index (χ1n) is 13.1. The second-order valence-corrected chi connectivity index (χ2v) is 10.6. The van der Waals surface area contributed by atoms with Crippen molar-refractivity contribution in [2.45, 2.75) is 88.1 Å². The molecule has 0 aromatic heterocycles. The lowest BCUT2D eigenvalue weighted by atomic mass is 9.75. The van der Waals surface area contributed by atoms with Crippen LogP contribution in [-0.4, -0.2) is 70.0 Å². The lowest BCUT2D eigenvalue weighted by Crippen LogP contribution is -2.56. The van der Waals surface area contributed by atoms with Crippen LogP contribution in [0.2, 0.25) is 0 Å². The number of halogens is 1. The van der Waals surface area contributed by atoms with Crippen molar-refractivity contribution >= 4 is 23.6 Å². The maximum absolute atomic E-state index is 15.0. The number of piperazine rings is 1. The molecule has 8 heteroatoms. The molecule has 7 nitrogen and oxygen atoms in total. The maximum atomic E-state index is 15.0. The second-order valence-electron chi connectivity index (χ2n) is 10.6. The number of imide groups is 1. The van der Waals surface area contributed by atoms with Gasteiger partial charge in [0.15, 0.2) is 0 Å². The van der Waals surface area contributed by atoms with Gasteiger partial charge in [-0.1, -0.05) is 50.3 Å². The highest BCUT2D eigenvalue weighted by Gasteiger charge is 2.57. The molecule has 2 saturated heterocycles. The Labute approximate surface area is 205 Å². The van der Waals surface area contributed by atoms with Gasteiger partial charge in [0.2, 0.25) is 23.6 Å². The molecular formula is C27H34FN3O4. The summed E-state index contributed by atoms with van der Waals surface area (Å²) in [6.45, 7) is 0.836. The van der Waals surface area contributed by atoms with Gasteiger partial charge in [-0.2, -0.15) is 0 Å². The van der Waals surface area contributed by atoms with Gasteiger partial charge in [-0.25, -0.2) is 4.39 Å². The van der Waals surface area contributed by atoms with E-state index in [1.807, 2.05) is 4.90 Å². The summed E-state index contributed by atoms with van der Waals surface area (Å²) in [5, 5.41) is 0. The van der Waals surface area contributed by atoms with Gasteiger partial charge in [-0.15, -0.1) is 0 Å². The fourth-order valence-corrected chi connectivity index (χ4v) is 6.64. The Balaban J connectivity index is 1.37. The number of carbonyl (C=O) groups excluding carboxylic acids is 4. The van der Waals surface area contributed by atoms with E-state index < -0.39 is 17.1 Å². The average Bonchev–Trinajstić information content (AvgIpc) is 3.46. The average molecular weight is 484 g/mol. The standard InChI is InChI=1S/C27H34FN3O4/c28-22-13-7-6-12-21(22)27(17-24(33)31(26(27)35)20-10-4-5-11-20)16-23(32)29-14-15-30(25(34)18-29)19-8-2-1-3-9-19/h6-7,12-13,19-20H,1-5,8-11,14-18H2/t27-/m0/s1. The fraction of sp³-hybridized carbons (Fsp3) is 0.630. The molecule has 2 saturated carbocycles. The SMILES string of the molecule is O=C(C[C@@]1(c2ccccc2F)CC(=O)N(C2CCCC2)C1=O)N1CCN(C2CCCCC2)C(=O)C1. The van der Waals surface area contributed by atoms with E-state index in [9.17, 15) is 19.2 Å². The van der Waals surface area contributed by atoms with Crippen LogP contribution < -0.4 is 0 Å². The molecule has 0 unspecified atom stereocenters. The molecule has 4 fully saturated rings. The van der Waals surface area contributed by atoms with Gasteiger partial charge in [0.25, 0.3) is 0 Å². The molecule has 0 radical (unpaired) electrons. The summed E-state index contributed by atoms with van der Waals surface area (Å²) in [6, 6.07) is 6.01. The molecule has 188 valence electrons. The molecule has 5 rings (SSSR count). The zero-order valence-corrected chi connectivity index (χ0v) is 20.2. The Kier molecular flexibility index (Phi) is 6.64. The van der Waals surface area contributed by atoms with Gasteiger partial charge in [-0.3, -0.25) is 24.1 Å². The Morgan fingerprint density at radius 1 is 0.886 bits per heavy atom. The van der Waals surface area contributed by atoms with Crippen molar-refractivity contribution in [1.82, 2.24) is 14.7 Å². The van der Waals surface area contributed by atoms with Crippen LogP contribution in [0, 0.1) is 5.82 Å². The Morgan fingerprint density at radius 3 is 2.23 bits per heavy atom. The molecule has 1 aromatic rings. The largest absolute Gasteiger partial charge is 0.336 e. The predicted octanol–water partition coefficient (Wildman–Crippen LogP) is 3.16. The van der Waals surface area contributed by atoms with Crippen molar-refractivity contribution in [3.05, 3.63) is 35.6 Å². The summed E-state index contributed by atoms with van der Waals surface area (Å²) in [5.41, 5.74) is -1.47. The molecule has 0 bridgehead atoms. The third-order valence-corrected chi connectivity index (χ3v) is 8.51. The number of likely N-dealkylation sites (tertiary alicyclic amines) is 1. The molecular weight excluding hydrogens is 449 g/mol. The number of nitrogens with zero attached hydrogens (tertiary/aromatic N) is 3. The van der Waals surface area contributed by atoms with E-state index in [1.165, 1.54) is 34.4 Å². The molecule has 2 aliphatic heterocycles. The Bertz CT molecular complexity index is 1020. The summed E-state index contributed by atoms with van der Waals surface area (Å²) in [4.78, 5) is 58.0. The molecule has 4 aliphatic rings. The normalized spacial score (nSPS) is 26.8. The molecule has 1 atom stereocenters. The van der Waals surface area contributed by atoms with E-state index in [1.54, 1.807) is 6.07 Å². The number of hydrogen-bond acceptors (Lipinski definition) is 4. The molecule has 2 aliphatic carbocycles. The van der Waals surface area contributed by atoms with Crippen LogP contribution in [0.1, 0.15) is 76.2 Å². The van der Waals surface area contributed by atoms with E-state index in [0.29, 0.717) is 13.1 Å². The Morgan fingerprint density at radius 2 is 1.54 bits per heavy atom. The van der Waals surface area contributed by atoms with E-state index in [0.717, 1.165) is 51.4 Å². The topological polar surface area (TPSA) is 78.0 Å². The minimum absolute atomic E-state index is 0.0306. The molecule has 0 spiro atoms. The van der Waals surface area contributed by atoms with Crippen LogP contribution in [-0.2, 0) is 24.6 Å². The van der Waals surface area contributed by atoms with Crippen LogP contribution in [0.5, 0.6) is 0 Å². The lowest BCUT2D eigenvalue weighted by Gasteiger charge is -2.41. The van der Waals surface area contributed by atoms with Gasteiger partial charge < -0.3 is 9.80 Å². The molecule has 0 N–H and O–H groups in total. The van der Waals surface area contributed by atoms with Gasteiger partial charge in [0.1, 0.15) is 5.82 Å². The third kappa shape index (κ3) is 4.36. The summed E-state index contributed by atoms with van der Waals surface area (Å²) in [5.74, 6) is -1.85. The minimum Gasteiger partial charge on any atom is -0.336 e.